The smallest absolute Gasteiger partial charge is 0.495 e. The molecule has 0 atom stereocenters. The van der Waals surface area contributed by atoms with Crippen molar-refractivity contribution in [2.75, 3.05) is 26.6 Å². The Balaban J connectivity index is 2.45. The summed E-state index contributed by atoms with van der Waals surface area (Å²) in [6.07, 6.45) is 0. The maximum absolute atomic E-state index is 12.8. The molecule has 170 valence electrons. The molecule has 2 aromatic rings. The van der Waals surface area contributed by atoms with Crippen molar-refractivity contribution in [1.82, 2.24) is 4.47 Å². The number of halogens is 3. The average molecular weight is 482 g/mol. The van der Waals surface area contributed by atoms with Crippen LogP contribution in [0.1, 0.15) is 10.4 Å². The normalized spacial score (nSPS) is 12.6. The van der Waals surface area contributed by atoms with Crippen molar-refractivity contribution in [2.45, 2.75) is 15.3 Å². The van der Waals surface area contributed by atoms with Crippen molar-refractivity contribution in [3.8, 4) is 5.75 Å². The predicted octanol–water partition coefficient (Wildman–Crippen LogP) is 2.42. The number of carbonyl (C=O) groups is 1. The van der Waals surface area contributed by atoms with E-state index in [2.05, 4.69) is 10.2 Å². The van der Waals surface area contributed by atoms with Crippen LogP contribution in [0.25, 0.3) is 0 Å². The number of alkyl halides is 3. The van der Waals surface area contributed by atoms with Crippen molar-refractivity contribution in [3.05, 3.63) is 48.0 Å². The number of amides is 1. The molecule has 9 nitrogen and oxygen atoms in total. The van der Waals surface area contributed by atoms with Crippen molar-refractivity contribution in [3.63, 3.8) is 0 Å². The molecule has 0 saturated carbocycles. The molecule has 0 heterocycles. The molecule has 2 rings (SSSR count). The van der Waals surface area contributed by atoms with Gasteiger partial charge in [-0.25, -0.2) is 16.8 Å². The van der Waals surface area contributed by atoms with Gasteiger partial charge in [-0.2, -0.15) is 13.2 Å². The molecule has 1 N–H and O–H groups in total. The van der Waals surface area contributed by atoms with Gasteiger partial charge < -0.3 is 10.1 Å². The second kappa shape index (κ2) is 8.82. The number of carbonyl (C=O) groups excluding carboxylic acids is 1. The lowest BCUT2D eigenvalue weighted by atomic mass is 10.2. The SMILES string of the molecule is COc1ccc(S(=O)(=O)C(F)(F)F)cc1NC(=O)c1cccc(S(=O)(=O)N(C)OC)c1. The monoisotopic (exact) mass is 482 g/mol. The quantitative estimate of drug-likeness (QED) is 0.602. The van der Waals surface area contributed by atoms with Gasteiger partial charge in [0.25, 0.3) is 25.8 Å². The standard InChI is InChI=1S/C17H17F3N2O7S2/c1-22(29-3)31(26,27)13-6-4-5-11(9-13)16(23)21-14-10-12(7-8-15(14)28-2)30(24,25)17(18,19)20/h4-10H,1-3H3,(H,21,23). The molecule has 0 radical (unpaired) electrons. The molecule has 0 fully saturated rings. The molecule has 31 heavy (non-hydrogen) atoms. The number of hydroxylamine groups is 1. The minimum Gasteiger partial charge on any atom is -0.495 e. The zero-order valence-electron chi connectivity index (χ0n) is 16.3. The van der Waals surface area contributed by atoms with Crippen molar-refractivity contribution >= 4 is 31.5 Å². The first-order valence-electron chi connectivity index (χ1n) is 8.19. The highest BCUT2D eigenvalue weighted by Gasteiger charge is 2.47. The van der Waals surface area contributed by atoms with Gasteiger partial charge in [0.05, 0.1) is 29.7 Å². The Morgan fingerprint density at radius 2 is 1.65 bits per heavy atom. The molecule has 0 bridgehead atoms. The van der Waals surface area contributed by atoms with Gasteiger partial charge in [-0.15, -0.1) is 0 Å². The Labute approximate surface area is 176 Å². The molecule has 2 aromatic carbocycles. The summed E-state index contributed by atoms with van der Waals surface area (Å²) in [6.45, 7) is 0. The predicted molar refractivity (Wildman–Crippen MR) is 103 cm³/mol. The van der Waals surface area contributed by atoms with E-state index in [9.17, 15) is 34.8 Å². The lowest BCUT2D eigenvalue weighted by Crippen LogP contribution is -2.26. The second-order valence-electron chi connectivity index (χ2n) is 5.89. The molecule has 14 heteroatoms. The van der Waals surface area contributed by atoms with Gasteiger partial charge in [0.15, 0.2) is 0 Å². The Kier molecular flexibility index (Phi) is 7.00. The fraction of sp³-hybridized carbons (Fsp3) is 0.235. The number of rotatable bonds is 7. The van der Waals surface area contributed by atoms with Crippen LogP contribution in [-0.4, -0.2) is 54.0 Å². The Bertz CT molecular complexity index is 1200. The number of benzene rings is 2. The van der Waals surface area contributed by atoms with E-state index < -0.39 is 36.2 Å². The van der Waals surface area contributed by atoms with E-state index in [1.54, 1.807) is 0 Å². The second-order valence-corrected chi connectivity index (χ2v) is 9.77. The molecule has 0 aromatic heterocycles. The van der Waals surface area contributed by atoms with Gasteiger partial charge >= 0.3 is 5.51 Å². The maximum atomic E-state index is 12.8. The van der Waals surface area contributed by atoms with Crippen LogP contribution in [0.15, 0.2) is 52.3 Å². The van der Waals surface area contributed by atoms with Gasteiger partial charge in [0, 0.05) is 12.6 Å². The highest BCUT2D eigenvalue weighted by molar-refractivity contribution is 7.92. The first-order valence-corrected chi connectivity index (χ1v) is 11.1. The largest absolute Gasteiger partial charge is 0.501 e. The molecule has 1 amide bonds. The summed E-state index contributed by atoms with van der Waals surface area (Å²) in [6, 6.07) is 6.98. The fourth-order valence-corrected chi connectivity index (χ4v) is 4.13. The number of nitrogens with zero attached hydrogens (tertiary/aromatic N) is 1. The number of methoxy groups -OCH3 is 1. The molecule has 0 spiro atoms. The summed E-state index contributed by atoms with van der Waals surface area (Å²) in [4.78, 5) is 15.8. The fourth-order valence-electron chi connectivity index (χ4n) is 2.32. The van der Waals surface area contributed by atoms with Gasteiger partial charge in [-0.1, -0.05) is 10.5 Å². The zero-order chi connectivity index (χ0) is 23.6. The van der Waals surface area contributed by atoms with Crippen LogP contribution in [-0.2, 0) is 24.7 Å². The topological polar surface area (TPSA) is 119 Å². The minimum absolute atomic E-state index is 0.114. The van der Waals surface area contributed by atoms with E-state index in [4.69, 9.17) is 4.74 Å². The highest BCUT2D eigenvalue weighted by atomic mass is 32.2. The minimum atomic E-state index is -5.67. The molecule has 0 aliphatic rings. The molecular weight excluding hydrogens is 465 g/mol. The van der Waals surface area contributed by atoms with Crippen LogP contribution in [0.3, 0.4) is 0 Å². The summed E-state index contributed by atoms with van der Waals surface area (Å²) in [7, 11) is -6.31. The first-order chi connectivity index (χ1) is 14.3. The van der Waals surface area contributed by atoms with E-state index in [1.807, 2.05) is 0 Å². The Morgan fingerprint density at radius 3 is 2.19 bits per heavy atom. The van der Waals surface area contributed by atoms with E-state index in [0.29, 0.717) is 16.6 Å². The Morgan fingerprint density at radius 1 is 1.00 bits per heavy atom. The van der Waals surface area contributed by atoms with Gasteiger partial charge in [-0.3, -0.25) is 9.63 Å². The average Bonchev–Trinajstić information content (AvgIpc) is 2.72. The van der Waals surface area contributed by atoms with Crippen molar-refractivity contribution in [2.24, 2.45) is 0 Å². The van der Waals surface area contributed by atoms with Crippen LogP contribution in [0.4, 0.5) is 18.9 Å². The molecule has 0 saturated heterocycles. The van der Waals surface area contributed by atoms with Crippen LogP contribution in [0, 0.1) is 0 Å². The van der Waals surface area contributed by atoms with Crippen molar-refractivity contribution < 1.29 is 44.4 Å². The van der Waals surface area contributed by atoms with E-state index in [0.717, 1.165) is 33.4 Å². The third-order valence-corrected chi connectivity index (χ3v) is 7.18. The lowest BCUT2D eigenvalue weighted by molar-refractivity contribution is -0.0436. The van der Waals surface area contributed by atoms with E-state index in [1.165, 1.54) is 18.2 Å². The van der Waals surface area contributed by atoms with E-state index in [-0.39, 0.29) is 21.9 Å². The third kappa shape index (κ3) is 4.98. The van der Waals surface area contributed by atoms with E-state index >= 15 is 0 Å². The maximum Gasteiger partial charge on any atom is 0.501 e. The van der Waals surface area contributed by atoms with Gasteiger partial charge in [0.2, 0.25) is 0 Å². The highest BCUT2D eigenvalue weighted by Crippen LogP contribution is 2.35. The summed E-state index contributed by atoms with van der Waals surface area (Å²) in [5.74, 6) is -1.03. The molecule has 0 aliphatic heterocycles. The summed E-state index contributed by atoms with van der Waals surface area (Å²) >= 11 is 0. The van der Waals surface area contributed by atoms with Crippen molar-refractivity contribution in [1.29, 1.82) is 0 Å². The van der Waals surface area contributed by atoms with Crippen LogP contribution in [0.2, 0.25) is 0 Å². The van der Waals surface area contributed by atoms with Gasteiger partial charge in [0.1, 0.15) is 5.75 Å². The molecule has 0 aliphatic carbocycles. The number of nitrogens with one attached hydrogen (secondary N) is 1. The summed E-state index contributed by atoms with van der Waals surface area (Å²) < 4.78 is 92.0. The van der Waals surface area contributed by atoms with Gasteiger partial charge in [-0.05, 0) is 36.4 Å². The molecular formula is C17H17F3N2O7S2. The number of sulfone groups is 1. The number of ether oxygens (including phenoxy) is 1. The molecule has 0 unspecified atom stereocenters. The Hall–Kier alpha value is -2.68. The van der Waals surface area contributed by atoms with Crippen LogP contribution < -0.4 is 10.1 Å². The number of hydrogen-bond acceptors (Lipinski definition) is 7. The zero-order valence-corrected chi connectivity index (χ0v) is 17.9. The van der Waals surface area contributed by atoms with Crippen LogP contribution >= 0.6 is 0 Å². The lowest BCUT2D eigenvalue weighted by Gasteiger charge is -2.15. The number of sulfonamides is 1. The third-order valence-electron chi connectivity index (χ3n) is 4.02. The van der Waals surface area contributed by atoms with Crippen LogP contribution in [0.5, 0.6) is 5.75 Å². The number of hydrogen-bond donors (Lipinski definition) is 1. The first kappa shape index (κ1) is 24.6. The summed E-state index contributed by atoms with van der Waals surface area (Å²) in [5.41, 5.74) is -6.07. The summed E-state index contributed by atoms with van der Waals surface area (Å²) in [5, 5.41) is 2.23. The number of anilines is 1.